The molecule has 0 bridgehead atoms. The number of hydrogen-bond acceptors (Lipinski definition) is 3. The molecule has 21 heavy (non-hydrogen) atoms. The normalized spacial score (nSPS) is 12.5. The minimum Gasteiger partial charge on any atom is -0.294 e. The third-order valence-corrected chi connectivity index (χ3v) is 3.35. The number of amides is 1. The number of nitrogens with zero attached hydrogens (tertiary/aromatic N) is 2. The van der Waals surface area contributed by atoms with E-state index in [1.54, 1.807) is 6.20 Å². The highest BCUT2D eigenvalue weighted by molar-refractivity contribution is 5.93. The molecule has 1 aromatic carbocycles. The summed E-state index contributed by atoms with van der Waals surface area (Å²) in [7, 11) is 0. The molecule has 0 saturated carbocycles. The Labute approximate surface area is 126 Å². The van der Waals surface area contributed by atoms with Crippen LogP contribution in [0.15, 0.2) is 24.4 Å². The number of carbonyl (C=O) groups is 1. The molecule has 112 valence electrons. The van der Waals surface area contributed by atoms with Crippen LogP contribution in [0.5, 0.6) is 0 Å². The lowest BCUT2D eigenvalue weighted by Gasteiger charge is -2.19. The number of hydrogen-bond donors (Lipinski definition) is 1. The second-order valence-electron chi connectivity index (χ2n) is 7.42. The second-order valence-corrected chi connectivity index (χ2v) is 7.42. The SMILES string of the molecule is CC(C)(C)C(=O)Nc1ncc2cc(C(C)(C)C)ccc2n1. The smallest absolute Gasteiger partial charge is 0.232 e. The van der Waals surface area contributed by atoms with E-state index in [1.807, 2.05) is 26.8 Å². The van der Waals surface area contributed by atoms with Crippen molar-refractivity contribution in [1.82, 2.24) is 9.97 Å². The molecule has 0 aliphatic rings. The van der Waals surface area contributed by atoms with Crippen molar-refractivity contribution in [2.24, 2.45) is 5.41 Å². The van der Waals surface area contributed by atoms with Crippen molar-refractivity contribution in [3.63, 3.8) is 0 Å². The Morgan fingerprint density at radius 1 is 1.10 bits per heavy atom. The van der Waals surface area contributed by atoms with Gasteiger partial charge in [-0.2, -0.15) is 0 Å². The van der Waals surface area contributed by atoms with Crippen LogP contribution in [0.3, 0.4) is 0 Å². The van der Waals surface area contributed by atoms with Gasteiger partial charge >= 0.3 is 0 Å². The van der Waals surface area contributed by atoms with Gasteiger partial charge in [-0.15, -0.1) is 0 Å². The number of anilines is 1. The van der Waals surface area contributed by atoms with Crippen LogP contribution in [0.4, 0.5) is 5.95 Å². The van der Waals surface area contributed by atoms with E-state index >= 15 is 0 Å². The Hall–Kier alpha value is -1.97. The predicted octanol–water partition coefficient (Wildman–Crippen LogP) is 3.91. The van der Waals surface area contributed by atoms with Gasteiger partial charge in [0.2, 0.25) is 11.9 Å². The van der Waals surface area contributed by atoms with Gasteiger partial charge in [0.1, 0.15) is 0 Å². The van der Waals surface area contributed by atoms with Crippen molar-refractivity contribution >= 4 is 22.8 Å². The number of nitrogens with one attached hydrogen (secondary N) is 1. The quantitative estimate of drug-likeness (QED) is 0.864. The fraction of sp³-hybridized carbons (Fsp3) is 0.471. The molecule has 0 aliphatic carbocycles. The Balaban J connectivity index is 2.34. The Morgan fingerprint density at radius 3 is 2.33 bits per heavy atom. The third kappa shape index (κ3) is 3.57. The Kier molecular flexibility index (Phi) is 3.74. The number of rotatable bonds is 1. The maximum absolute atomic E-state index is 12.0. The first-order chi connectivity index (χ1) is 9.57. The number of fused-ring (bicyclic) bond motifs is 1. The highest BCUT2D eigenvalue weighted by Crippen LogP contribution is 2.25. The molecular weight excluding hydrogens is 262 g/mol. The summed E-state index contributed by atoms with van der Waals surface area (Å²) in [5.74, 6) is 0.263. The third-order valence-electron chi connectivity index (χ3n) is 3.35. The standard InChI is InChI=1S/C17H23N3O/c1-16(2,3)12-7-8-13-11(9-12)10-18-15(19-13)20-14(21)17(4,5)6/h7-10H,1-6H3,(H,18,19,20,21). The largest absolute Gasteiger partial charge is 0.294 e. The van der Waals surface area contributed by atoms with E-state index in [0.717, 1.165) is 10.9 Å². The van der Waals surface area contributed by atoms with E-state index in [2.05, 4.69) is 48.2 Å². The molecule has 0 atom stereocenters. The molecule has 1 heterocycles. The summed E-state index contributed by atoms with van der Waals surface area (Å²) < 4.78 is 0. The monoisotopic (exact) mass is 285 g/mol. The average Bonchev–Trinajstić information content (AvgIpc) is 2.35. The van der Waals surface area contributed by atoms with E-state index in [0.29, 0.717) is 5.95 Å². The number of aromatic nitrogens is 2. The van der Waals surface area contributed by atoms with Crippen LogP contribution in [0, 0.1) is 5.41 Å². The summed E-state index contributed by atoms with van der Waals surface area (Å²) in [6, 6.07) is 6.15. The van der Waals surface area contributed by atoms with Crippen molar-refractivity contribution in [2.75, 3.05) is 5.32 Å². The van der Waals surface area contributed by atoms with Crippen LogP contribution >= 0.6 is 0 Å². The molecule has 0 saturated heterocycles. The second kappa shape index (κ2) is 5.10. The minimum absolute atomic E-state index is 0.0897. The van der Waals surface area contributed by atoms with Gasteiger partial charge in [-0.1, -0.05) is 47.6 Å². The average molecular weight is 285 g/mol. The fourth-order valence-electron chi connectivity index (χ4n) is 1.85. The van der Waals surface area contributed by atoms with E-state index in [-0.39, 0.29) is 11.3 Å². The summed E-state index contributed by atoms with van der Waals surface area (Å²) in [6.07, 6.45) is 1.76. The Bertz CT molecular complexity index is 678. The van der Waals surface area contributed by atoms with Crippen molar-refractivity contribution < 1.29 is 4.79 Å². The van der Waals surface area contributed by atoms with Gasteiger partial charge in [0.05, 0.1) is 5.52 Å². The van der Waals surface area contributed by atoms with Gasteiger partial charge in [-0.25, -0.2) is 9.97 Å². The molecule has 2 aromatic rings. The number of benzene rings is 1. The van der Waals surface area contributed by atoms with Gasteiger partial charge in [-0.3, -0.25) is 10.1 Å². The van der Waals surface area contributed by atoms with Gasteiger partial charge in [-0.05, 0) is 23.1 Å². The zero-order valence-corrected chi connectivity index (χ0v) is 13.6. The molecule has 2 rings (SSSR count). The van der Waals surface area contributed by atoms with Crippen LogP contribution in [0.25, 0.3) is 10.9 Å². The van der Waals surface area contributed by atoms with E-state index in [1.165, 1.54) is 5.56 Å². The van der Waals surface area contributed by atoms with Crippen molar-refractivity contribution in [2.45, 2.75) is 47.0 Å². The van der Waals surface area contributed by atoms with E-state index in [4.69, 9.17) is 0 Å². The van der Waals surface area contributed by atoms with Gasteiger partial charge in [0.15, 0.2) is 0 Å². The summed E-state index contributed by atoms with van der Waals surface area (Å²) in [5.41, 5.74) is 1.70. The van der Waals surface area contributed by atoms with Crippen LogP contribution < -0.4 is 5.32 Å². The molecule has 0 spiro atoms. The summed E-state index contributed by atoms with van der Waals surface area (Å²) in [4.78, 5) is 20.6. The maximum Gasteiger partial charge on any atom is 0.232 e. The lowest BCUT2D eigenvalue weighted by molar-refractivity contribution is -0.123. The topological polar surface area (TPSA) is 54.9 Å². The summed E-state index contributed by atoms with van der Waals surface area (Å²) in [5, 5.41) is 3.74. The molecule has 4 nitrogen and oxygen atoms in total. The zero-order valence-electron chi connectivity index (χ0n) is 13.6. The van der Waals surface area contributed by atoms with Crippen molar-refractivity contribution in [1.29, 1.82) is 0 Å². The number of carbonyl (C=O) groups excluding carboxylic acids is 1. The zero-order chi connectivity index (χ0) is 15.8. The maximum atomic E-state index is 12.0. The highest BCUT2D eigenvalue weighted by Gasteiger charge is 2.22. The van der Waals surface area contributed by atoms with Gasteiger partial charge in [0, 0.05) is 17.0 Å². The molecular formula is C17H23N3O. The first kappa shape index (κ1) is 15.4. The van der Waals surface area contributed by atoms with Crippen LogP contribution in [0.2, 0.25) is 0 Å². The van der Waals surface area contributed by atoms with Crippen molar-refractivity contribution in [3.05, 3.63) is 30.0 Å². The lowest BCUT2D eigenvalue weighted by Crippen LogP contribution is -2.28. The van der Waals surface area contributed by atoms with Crippen LogP contribution in [-0.2, 0) is 10.2 Å². The van der Waals surface area contributed by atoms with Gasteiger partial charge in [0.25, 0.3) is 0 Å². The fourth-order valence-corrected chi connectivity index (χ4v) is 1.85. The molecule has 1 aromatic heterocycles. The first-order valence-corrected chi connectivity index (χ1v) is 7.16. The van der Waals surface area contributed by atoms with Crippen molar-refractivity contribution in [3.8, 4) is 0 Å². The molecule has 0 fully saturated rings. The minimum atomic E-state index is -0.464. The first-order valence-electron chi connectivity index (χ1n) is 7.16. The van der Waals surface area contributed by atoms with E-state index < -0.39 is 5.41 Å². The molecule has 4 heteroatoms. The highest BCUT2D eigenvalue weighted by atomic mass is 16.2. The molecule has 0 unspecified atom stereocenters. The molecule has 0 radical (unpaired) electrons. The predicted molar refractivity (Wildman–Crippen MR) is 86.3 cm³/mol. The Morgan fingerprint density at radius 2 is 1.76 bits per heavy atom. The summed E-state index contributed by atoms with van der Waals surface area (Å²) >= 11 is 0. The summed E-state index contributed by atoms with van der Waals surface area (Å²) in [6.45, 7) is 12.1. The van der Waals surface area contributed by atoms with Crippen LogP contribution in [0.1, 0.15) is 47.1 Å². The molecule has 1 amide bonds. The lowest BCUT2D eigenvalue weighted by atomic mass is 9.86. The molecule has 0 aliphatic heterocycles. The van der Waals surface area contributed by atoms with Crippen LogP contribution in [-0.4, -0.2) is 15.9 Å². The van der Waals surface area contributed by atoms with E-state index in [9.17, 15) is 4.79 Å². The van der Waals surface area contributed by atoms with Gasteiger partial charge < -0.3 is 0 Å². The molecule has 1 N–H and O–H groups in total.